The van der Waals surface area contributed by atoms with Crippen molar-refractivity contribution in [3.05, 3.63) is 66.5 Å². The van der Waals surface area contributed by atoms with E-state index in [1.54, 1.807) is 0 Å². The molecule has 408 valence electrons. The molecular weight excluding hydrogens is 1090 g/mol. The second-order valence-electron chi connectivity index (χ2n) is 16.5. The van der Waals surface area contributed by atoms with Gasteiger partial charge >= 0.3 is 42.4 Å². The van der Waals surface area contributed by atoms with Crippen molar-refractivity contribution in [1.29, 1.82) is 0 Å². The second kappa shape index (κ2) is 21.0. The van der Waals surface area contributed by atoms with Crippen LogP contribution in [0.2, 0.25) is 0 Å². The lowest BCUT2D eigenvalue weighted by Gasteiger charge is -2.28. The van der Waals surface area contributed by atoms with E-state index in [9.17, 15) is 72.3 Å². The third-order valence-electron chi connectivity index (χ3n) is 11.7. The van der Waals surface area contributed by atoms with Gasteiger partial charge in [0, 0.05) is 32.4 Å². The summed E-state index contributed by atoms with van der Waals surface area (Å²) in [7, 11) is -19.7. The zero-order valence-electron chi connectivity index (χ0n) is 38.1. The molecular formula is C33H47N12O25P4+. The Bertz CT molecular complexity index is 3370. The molecule has 41 heteroatoms. The number of nitrogens with one attached hydrogen (secondary N) is 3. The van der Waals surface area contributed by atoms with Crippen molar-refractivity contribution in [2.75, 3.05) is 52.1 Å². The Labute approximate surface area is 410 Å². The molecule has 8 heterocycles. The number of fused-ring (bicyclic) bond motifs is 2. The molecule has 0 bridgehead atoms. The van der Waals surface area contributed by atoms with Crippen molar-refractivity contribution >= 4 is 65.3 Å². The highest BCUT2D eigenvalue weighted by atomic mass is 31.3. The van der Waals surface area contributed by atoms with Gasteiger partial charge in [-0.1, -0.05) is 4.98 Å². The average molecular weight is 1140 g/mol. The minimum atomic E-state index is -6.22. The number of aromatic amines is 3. The first kappa shape index (κ1) is 55.5. The maximum absolute atomic E-state index is 14.2. The fourth-order valence-corrected chi connectivity index (χ4v) is 13.8. The Balaban J connectivity index is 0.946. The molecule has 5 unspecified atom stereocenters. The highest BCUT2D eigenvalue weighted by Crippen LogP contribution is 2.68. The summed E-state index contributed by atoms with van der Waals surface area (Å²) < 4.78 is 109. The van der Waals surface area contributed by atoms with Crippen LogP contribution in [0.1, 0.15) is 18.7 Å². The van der Waals surface area contributed by atoms with Crippen molar-refractivity contribution < 1.29 is 104 Å². The standard InChI is InChI=1S/C33H46N12O25P4/c1-42-11-45(25-18(42)27(51)41-32(35)39-25)28-19(47)12(6-61-2)13(66-28)7-64-72(55,56)69-74(59,60)70-73(57,58)65-9-15-23(22(62-3)30(68-15)43-5-4-16(46)37-33(43)52)71(53,54)63-8-14-20(48)21(49)29(67-14)44-10-36-17-24(44)38-31(34)40-26(17)50/h4-5,10-15,19-23,28-30,47-49H,6-9H2,1-3H3,(H10-,34,35,37,38,39,40,41,46,50,51,52,53,54,55,56,57,58,59,60)/p+1/t12-,13-,14?,15-,19-,20-,21-,22-,23-,28-,29-,30-/m1/s1. The summed E-state index contributed by atoms with van der Waals surface area (Å²) in [6.07, 6.45) is -13.3. The number of nitrogens with two attached hydrogens (primary N) is 2. The summed E-state index contributed by atoms with van der Waals surface area (Å²) in [5.74, 6) is -1.66. The third-order valence-corrected chi connectivity index (χ3v) is 17.9. The zero-order chi connectivity index (χ0) is 54.0. The van der Waals surface area contributed by atoms with Gasteiger partial charge in [0.25, 0.3) is 22.6 Å². The summed E-state index contributed by atoms with van der Waals surface area (Å²) in [6, 6.07) is 0.858. The summed E-state index contributed by atoms with van der Waals surface area (Å²) in [5, 5.41) is 33.0. The Kier molecular flexibility index (Phi) is 15.7. The fraction of sp³-hybridized carbons (Fsp3) is 0.576. The van der Waals surface area contributed by atoms with Crippen molar-refractivity contribution in [2.24, 2.45) is 13.0 Å². The number of H-pyrrole nitrogens is 3. The molecule has 3 fully saturated rings. The number of phosphoric ester groups is 2. The molecule has 3 saturated heterocycles. The van der Waals surface area contributed by atoms with Crippen LogP contribution in [0, 0.1) is 5.92 Å². The second-order valence-corrected chi connectivity index (χ2v) is 23.2. The number of aliphatic hydroxyl groups is 3. The molecule has 14 N–H and O–H groups in total. The van der Waals surface area contributed by atoms with Crippen molar-refractivity contribution in [1.82, 2.24) is 43.6 Å². The molecule has 74 heavy (non-hydrogen) atoms. The first-order valence-electron chi connectivity index (χ1n) is 21.1. The molecule has 8 rings (SSSR count). The molecule has 3 aliphatic heterocycles. The number of anilines is 2. The Hall–Kier alpha value is -4.78. The average Bonchev–Trinajstić information content (AvgIpc) is 4.10. The molecule has 3 aliphatic rings. The quantitative estimate of drug-likeness (QED) is 0.0258. The SMILES string of the molecule is COC[C@H]1[C@@H](O)[C@H]([n+]2cn(C)c3c(=O)[nH]c(N)nc32)O[C@@H]1COP(=O)(O)OP(=O)(O)OP(=O)(O)OC[C@H]1O[C@@H](n2ccc(=O)[nH]c2=O)[C@H](OC)[C@@H]1P(=O)(O)OCC1O[C@@H](n2cnc3c(=O)[nH]c(N)nc32)[C@H](O)[C@@H]1O. The number of ether oxygens (including phenoxy) is 5. The van der Waals surface area contributed by atoms with E-state index >= 15 is 0 Å². The normalized spacial score (nSPS) is 30.6. The number of phosphoric acid groups is 3. The number of aryl methyl sites for hydroxylation is 1. The number of nitrogens with zero attached hydrogens (tertiary/aromatic N) is 7. The van der Waals surface area contributed by atoms with Gasteiger partial charge < -0.3 is 74.6 Å². The first-order chi connectivity index (χ1) is 34.6. The van der Waals surface area contributed by atoms with Crippen LogP contribution in [0.25, 0.3) is 22.3 Å². The van der Waals surface area contributed by atoms with Crippen LogP contribution in [-0.4, -0.2) is 168 Å². The molecule has 5 aromatic heterocycles. The van der Waals surface area contributed by atoms with Crippen LogP contribution in [0.15, 0.2) is 44.1 Å². The number of hydrogen-bond donors (Lipinski definition) is 12. The van der Waals surface area contributed by atoms with Crippen molar-refractivity contribution in [3.63, 3.8) is 0 Å². The van der Waals surface area contributed by atoms with E-state index in [1.165, 1.54) is 29.6 Å². The minimum Gasteiger partial charge on any atom is -0.387 e. The Morgan fingerprint density at radius 2 is 1.36 bits per heavy atom. The Morgan fingerprint density at radius 3 is 2.01 bits per heavy atom. The van der Waals surface area contributed by atoms with Gasteiger partial charge in [0.1, 0.15) is 42.3 Å². The molecule has 0 aliphatic carbocycles. The van der Waals surface area contributed by atoms with E-state index in [4.69, 9.17) is 48.7 Å². The minimum absolute atomic E-state index is 0.0242. The number of nitrogen functional groups attached to an aromatic ring is 2. The smallest absolute Gasteiger partial charge is 0.387 e. The number of imidazole rings is 2. The molecule has 0 saturated carbocycles. The van der Waals surface area contributed by atoms with E-state index in [0.717, 1.165) is 30.3 Å². The summed E-state index contributed by atoms with van der Waals surface area (Å²) in [6.45, 7) is -3.64. The first-order valence-corrected chi connectivity index (χ1v) is 27.3. The van der Waals surface area contributed by atoms with E-state index in [1.807, 2.05) is 4.98 Å². The summed E-state index contributed by atoms with van der Waals surface area (Å²) in [4.78, 5) is 111. The van der Waals surface area contributed by atoms with E-state index in [0.29, 0.717) is 4.57 Å². The fourth-order valence-electron chi connectivity index (χ4n) is 8.55. The number of hydrogen-bond acceptors (Lipinski definition) is 26. The van der Waals surface area contributed by atoms with Crippen LogP contribution >= 0.6 is 31.1 Å². The van der Waals surface area contributed by atoms with Gasteiger partial charge in [-0.25, -0.2) is 28.0 Å². The zero-order valence-corrected chi connectivity index (χ0v) is 41.7. The predicted molar refractivity (Wildman–Crippen MR) is 239 cm³/mol. The number of methoxy groups -OCH3 is 2. The van der Waals surface area contributed by atoms with Crippen LogP contribution in [-0.2, 0) is 71.2 Å². The van der Waals surface area contributed by atoms with E-state index in [2.05, 4.69) is 33.5 Å². The summed E-state index contributed by atoms with van der Waals surface area (Å²) in [5.41, 5.74) is 5.47. The van der Waals surface area contributed by atoms with Crippen LogP contribution in [0.5, 0.6) is 0 Å². The third kappa shape index (κ3) is 11.2. The number of aromatic nitrogens is 10. The number of aliphatic hydroxyl groups excluding tert-OH is 3. The highest BCUT2D eigenvalue weighted by Gasteiger charge is 2.58. The molecule has 5 aromatic rings. The van der Waals surface area contributed by atoms with Gasteiger partial charge in [0.15, 0.2) is 29.9 Å². The lowest BCUT2D eigenvalue weighted by atomic mass is 9.99. The van der Waals surface area contributed by atoms with Gasteiger partial charge in [-0.05, 0) is 0 Å². The Morgan fingerprint density at radius 1 is 0.743 bits per heavy atom. The van der Waals surface area contributed by atoms with Crippen molar-refractivity contribution in [3.8, 4) is 0 Å². The van der Waals surface area contributed by atoms with Gasteiger partial charge in [-0.2, -0.15) is 13.6 Å². The van der Waals surface area contributed by atoms with Gasteiger partial charge in [0.2, 0.25) is 17.7 Å². The van der Waals surface area contributed by atoms with Gasteiger partial charge in [-0.3, -0.25) is 56.6 Å². The predicted octanol–water partition coefficient (Wildman–Crippen LogP) is -4.61. The van der Waals surface area contributed by atoms with Crippen LogP contribution in [0.3, 0.4) is 0 Å². The molecule has 37 nitrogen and oxygen atoms in total. The van der Waals surface area contributed by atoms with Crippen LogP contribution < -0.4 is 38.4 Å². The highest BCUT2D eigenvalue weighted by molar-refractivity contribution is 7.66. The maximum Gasteiger partial charge on any atom is 0.490 e. The van der Waals surface area contributed by atoms with Gasteiger partial charge in [-0.15, -0.1) is 0 Å². The molecule has 16 atom stereocenters. The monoisotopic (exact) mass is 1140 g/mol. The molecule has 0 radical (unpaired) electrons. The van der Waals surface area contributed by atoms with E-state index in [-0.39, 0.29) is 40.8 Å². The molecule has 0 amide bonds. The summed E-state index contributed by atoms with van der Waals surface area (Å²) >= 11 is 0. The van der Waals surface area contributed by atoms with E-state index < -0.39 is 146 Å². The lowest BCUT2D eigenvalue weighted by molar-refractivity contribution is -0.745. The number of rotatable bonds is 20. The molecule has 0 aromatic carbocycles. The largest absolute Gasteiger partial charge is 0.490 e. The van der Waals surface area contributed by atoms with Gasteiger partial charge in [0.05, 0.1) is 45.9 Å². The topological polar surface area (TPSA) is 527 Å². The maximum atomic E-state index is 14.2. The molecule has 0 spiro atoms. The lowest BCUT2D eigenvalue weighted by Crippen LogP contribution is -2.45. The van der Waals surface area contributed by atoms with Crippen LogP contribution in [0.4, 0.5) is 11.9 Å². The van der Waals surface area contributed by atoms with Crippen molar-refractivity contribution in [2.45, 2.75) is 67.1 Å².